The van der Waals surface area contributed by atoms with E-state index >= 15 is 0 Å². The molecule has 0 aliphatic carbocycles. The first-order chi connectivity index (χ1) is 11.7. The minimum atomic E-state index is 0.444. The first kappa shape index (κ1) is 15.9. The Morgan fingerprint density at radius 3 is 2.75 bits per heavy atom. The lowest BCUT2D eigenvalue weighted by Gasteiger charge is -2.12. The molecule has 0 aliphatic rings. The zero-order valence-corrected chi connectivity index (χ0v) is 13.9. The molecule has 0 radical (unpaired) electrons. The van der Waals surface area contributed by atoms with Gasteiger partial charge in [0.25, 0.3) is 0 Å². The predicted molar refractivity (Wildman–Crippen MR) is 90.9 cm³/mol. The van der Waals surface area contributed by atoms with E-state index in [1.54, 1.807) is 26.7 Å². The number of anilines is 2. The van der Waals surface area contributed by atoms with Gasteiger partial charge in [-0.3, -0.25) is 0 Å². The smallest absolute Gasteiger partial charge is 0.227 e. The number of ether oxygens (including phenoxy) is 2. The van der Waals surface area contributed by atoms with Crippen LogP contribution in [0.4, 0.5) is 11.6 Å². The van der Waals surface area contributed by atoms with Crippen LogP contribution in [-0.4, -0.2) is 33.7 Å². The summed E-state index contributed by atoms with van der Waals surface area (Å²) < 4.78 is 12.5. The fourth-order valence-corrected chi connectivity index (χ4v) is 2.34. The molecule has 2 aromatic heterocycles. The number of aromatic nitrogens is 4. The Kier molecular flexibility index (Phi) is 4.72. The molecule has 0 saturated heterocycles. The third kappa shape index (κ3) is 3.52. The molecule has 0 saturated carbocycles. The molecule has 24 heavy (non-hydrogen) atoms. The van der Waals surface area contributed by atoms with Gasteiger partial charge in [0.1, 0.15) is 5.75 Å². The maximum atomic E-state index is 5.50. The van der Waals surface area contributed by atoms with Gasteiger partial charge in [0.05, 0.1) is 37.1 Å². The van der Waals surface area contributed by atoms with E-state index in [1.807, 2.05) is 42.0 Å². The van der Waals surface area contributed by atoms with E-state index < -0.39 is 0 Å². The Morgan fingerprint density at radius 1 is 1.17 bits per heavy atom. The highest BCUT2D eigenvalue weighted by atomic mass is 16.5. The molecule has 0 amide bonds. The van der Waals surface area contributed by atoms with Crippen LogP contribution in [0, 0.1) is 6.92 Å². The van der Waals surface area contributed by atoms with Gasteiger partial charge in [0.2, 0.25) is 5.95 Å². The molecule has 0 unspecified atom stereocenters. The number of nitrogens with zero attached hydrogens (tertiary/aromatic N) is 4. The van der Waals surface area contributed by atoms with Gasteiger partial charge in [-0.2, -0.15) is 0 Å². The minimum absolute atomic E-state index is 0.444. The highest BCUT2D eigenvalue weighted by Crippen LogP contribution is 2.27. The van der Waals surface area contributed by atoms with Crippen molar-refractivity contribution in [3.8, 4) is 11.4 Å². The SMILES string of the molecule is COCc1ccnc(Nc2ccc(-n3cnc(C)c3)c(OC)c2)n1. The minimum Gasteiger partial charge on any atom is -0.494 e. The number of imidazole rings is 1. The van der Waals surface area contributed by atoms with Crippen LogP contribution < -0.4 is 10.1 Å². The first-order valence-corrected chi connectivity index (χ1v) is 7.46. The van der Waals surface area contributed by atoms with E-state index in [0.717, 1.165) is 28.5 Å². The zero-order valence-electron chi connectivity index (χ0n) is 13.9. The second kappa shape index (κ2) is 7.10. The molecule has 0 spiro atoms. The Labute approximate surface area is 140 Å². The molecule has 1 N–H and O–H groups in total. The van der Waals surface area contributed by atoms with E-state index in [9.17, 15) is 0 Å². The highest BCUT2D eigenvalue weighted by molar-refractivity contribution is 5.61. The molecule has 2 heterocycles. The molecule has 0 atom stereocenters. The summed E-state index contributed by atoms with van der Waals surface area (Å²) in [5.41, 5.74) is 3.51. The third-order valence-electron chi connectivity index (χ3n) is 3.43. The van der Waals surface area contributed by atoms with Gasteiger partial charge in [-0.1, -0.05) is 0 Å². The predicted octanol–water partition coefficient (Wildman–Crippen LogP) is 2.87. The topological polar surface area (TPSA) is 74.1 Å². The van der Waals surface area contributed by atoms with Crippen LogP contribution in [0.1, 0.15) is 11.4 Å². The van der Waals surface area contributed by atoms with Crippen molar-refractivity contribution in [2.45, 2.75) is 13.5 Å². The fourth-order valence-electron chi connectivity index (χ4n) is 2.34. The number of hydrogen-bond donors (Lipinski definition) is 1. The number of hydrogen-bond acceptors (Lipinski definition) is 6. The maximum absolute atomic E-state index is 5.50. The molecule has 124 valence electrons. The quantitative estimate of drug-likeness (QED) is 0.751. The van der Waals surface area contributed by atoms with Crippen LogP contribution >= 0.6 is 0 Å². The summed E-state index contributed by atoms with van der Waals surface area (Å²) in [6, 6.07) is 7.62. The van der Waals surface area contributed by atoms with Crippen molar-refractivity contribution in [1.29, 1.82) is 0 Å². The third-order valence-corrected chi connectivity index (χ3v) is 3.43. The summed E-state index contributed by atoms with van der Waals surface area (Å²) in [5.74, 6) is 1.24. The van der Waals surface area contributed by atoms with Crippen LogP contribution in [0.15, 0.2) is 43.0 Å². The fraction of sp³-hybridized carbons (Fsp3) is 0.235. The van der Waals surface area contributed by atoms with E-state index in [0.29, 0.717) is 12.6 Å². The Balaban J connectivity index is 1.86. The molecule has 3 rings (SSSR count). The van der Waals surface area contributed by atoms with Crippen molar-refractivity contribution in [2.24, 2.45) is 0 Å². The van der Waals surface area contributed by atoms with E-state index in [4.69, 9.17) is 9.47 Å². The van der Waals surface area contributed by atoms with Gasteiger partial charge in [-0.15, -0.1) is 0 Å². The van der Waals surface area contributed by atoms with Crippen LogP contribution in [0.3, 0.4) is 0 Å². The molecule has 7 nitrogen and oxygen atoms in total. The van der Waals surface area contributed by atoms with Crippen LogP contribution in [-0.2, 0) is 11.3 Å². The second-order valence-electron chi connectivity index (χ2n) is 5.24. The van der Waals surface area contributed by atoms with Crippen molar-refractivity contribution in [1.82, 2.24) is 19.5 Å². The number of methoxy groups -OCH3 is 2. The van der Waals surface area contributed by atoms with Gasteiger partial charge in [0, 0.05) is 31.3 Å². The second-order valence-corrected chi connectivity index (χ2v) is 5.24. The molecule has 1 aromatic carbocycles. The number of rotatable bonds is 6. The maximum Gasteiger partial charge on any atom is 0.227 e. The molecule has 0 aliphatic heterocycles. The molecule has 0 bridgehead atoms. The van der Waals surface area contributed by atoms with Crippen molar-refractivity contribution in [3.63, 3.8) is 0 Å². The molecule has 3 aromatic rings. The molecule has 7 heteroatoms. The Morgan fingerprint density at radius 2 is 2.04 bits per heavy atom. The molecule has 0 fully saturated rings. The van der Waals surface area contributed by atoms with Crippen molar-refractivity contribution in [2.75, 3.05) is 19.5 Å². The van der Waals surface area contributed by atoms with Crippen molar-refractivity contribution >= 4 is 11.6 Å². The Bertz CT molecular complexity index is 831. The molecular formula is C17H19N5O2. The summed E-state index contributed by atoms with van der Waals surface area (Å²) >= 11 is 0. The lowest BCUT2D eigenvalue weighted by Crippen LogP contribution is -2.02. The van der Waals surface area contributed by atoms with Crippen LogP contribution in [0.25, 0.3) is 5.69 Å². The summed E-state index contributed by atoms with van der Waals surface area (Å²) in [5, 5.41) is 3.18. The van der Waals surface area contributed by atoms with Gasteiger partial charge in [0.15, 0.2) is 0 Å². The first-order valence-electron chi connectivity index (χ1n) is 7.46. The number of benzene rings is 1. The van der Waals surface area contributed by atoms with Crippen LogP contribution in [0.2, 0.25) is 0 Å². The van der Waals surface area contributed by atoms with E-state index in [-0.39, 0.29) is 0 Å². The highest BCUT2D eigenvalue weighted by Gasteiger charge is 2.08. The Hall–Kier alpha value is -2.93. The van der Waals surface area contributed by atoms with E-state index in [1.165, 1.54) is 0 Å². The largest absolute Gasteiger partial charge is 0.494 e. The standard InChI is InChI=1S/C17H19N5O2/c1-12-9-22(11-19-12)15-5-4-13(8-16(15)24-3)20-17-18-7-6-14(21-17)10-23-2/h4-9,11H,10H2,1-3H3,(H,18,20,21). The monoisotopic (exact) mass is 325 g/mol. The molecular weight excluding hydrogens is 306 g/mol. The number of aryl methyl sites for hydroxylation is 1. The summed E-state index contributed by atoms with van der Waals surface area (Å²) in [6.45, 7) is 2.39. The average molecular weight is 325 g/mol. The lowest BCUT2D eigenvalue weighted by atomic mass is 10.2. The van der Waals surface area contributed by atoms with Crippen molar-refractivity contribution in [3.05, 3.63) is 54.4 Å². The summed E-state index contributed by atoms with van der Waals surface area (Å²) in [4.78, 5) is 12.9. The summed E-state index contributed by atoms with van der Waals surface area (Å²) in [6.07, 6.45) is 5.41. The van der Waals surface area contributed by atoms with Gasteiger partial charge in [-0.25, -0.2) is 15.0 Å². The van der Waals surface area contributed by atoms with E-state index in [2.05, 4.69) is 20.3 Å². The average Bonchev–Trinajstić information content (AvgIpc) is 3.01. The van der Waals surface area contributed by atoms with Crippen molar-refractivity contribution < 1.29 is 9.47 Å². The summed E-state index contributed by atoms with van der Waals surface area (Å²) in [7, 11) is 3.28. The number of nitrogens with one attached hydrogen (secondary N) is 1. The normalized spacial score (nSPS) is 10.6. The van der Waals surface area contributed by atoms with Gasteiger partial charge < -0.3 is 19.4 Å². The van der Waals surface area contributed by atoms with Gasteiger partial charge >= 0.3 is 0 Å². The zero-order chi connectivity index (χ0) is 16.9. The van der Waals surface area contributed by atoms with Gasteiger partial charge in [-0.05, 0) is 25.1 Å². The lowest BCUT2D eigenvalue weighted by molar-refractivity contribution is 0.181. The van der Waals surface area contributed by atoms with Crippen LogP contribution in [0.5, 0.6) is 5.75 Å².